The van der Waals surface area contributed by atoms with Crippen molar-refractivity contribution in [2.24, 2.45) is 5.10 Å². The third-order valence-corrected chi connectivity index (χ3v) is 5.40. The van der Waals surface area contributed by atoms with Crippen LogP contribution < -0.4 is 14.9 Å². The van der Waals surface area contributed by atoms with Gasteiger partial charge in [0.1, 0.15) is 11.5 Å². The first kappa shape index (κ1) is 24.5. The minimum absolute atomic E-state index is 0.189. The highest BCUT2D eigenvalue weighted by atomic mass is 79.9. The molecule has 0 aromatic heterocycles. The molecule has 3 rings (SSSR count). The smallest absolute Gasteiger partial charge is 0.345 e. The Labute approximate surface area is 205 Å². The highest BCUT2D eigenvalue weighted by molar-refractivity contribution is 9.10. The summed E-state index contributed by atoms with van der Waals surface area (Å²) >= 11 is 9.44. The van der Waals surface area contributed by atoms with Crippen molar-refractivity contribution in [3.8, 4) is 11.5 Å². The number of carbonyl (C=O) groups is 2. The van der Waals surface area contributed by atoms with Crippen LogP contribution in [0.5, 0.6) is 11.5 Å². The van der Waals surface area contributed by atoms with E-state index in [1.165, 1.54) is 11.8 Å². The molecule has 1 amide bonds. The van der Waals surface area contributed by atoms with E-state index in [1.807, 2.05) is 24.3 Å². The van der Waals surface area contributed by atoms with Crippen LogP contribution in [0.15, 0.2) is 76.3 Å². The van der Waals surface area contributed by atoms with Crippen LogP contribution in [0.25, 0.3) is 0 Å². The number of amides is 1. The summed E-state index contributed by atoms with van der Waals surface area (Å²) in [6.45, 7) is 4.02. The highest BCUT2D eigenvalue weighted by Crippen LogP contribution is 2.24. The molecule has 0 aliphatic heterocycles. The Morgan fingerprint density at radius 2 is 1.82 bits per heavy atom. The molecule has 0 bridgehead atoms. The zero-order valence-electron chi connectivity index (χ0n) is 18.0. The number of benzene rings is 3. The van der Waals surface area contributed by atoms with Crippen LogP contribution in [0.1, 0.15) is 41.3 Å². The molecule has 0 saturated carbocycles. The Morgan fingerprint density at radius 3 is 2.52 bits per heavy atom. The summed E-state index contributed by atoms with van der Waals surface area (Å²) in [4.78, 5) is 24.6. The predicted molar refractivity (Wildman–Crippen MR) is 132 cm³/mol. The molecule has 0 saturated heterocycles. The fourth-order valence-electron chi connectivity index (χ4n) is 2.80. The van der Waals surface area contributed by atoms with Crippen LogP contribution in [-0.2, 0) is 4.79 Å². The Kier molecular flexibility index (Phi) is 8.63. The molecular weight excluding hydrogens is 508 g/mol. The Balaban J connectivity index is 1.60. The molecule has 170 valence electrons. The van der Waals surface area contributed by atoms with Gasteiger partial charge < -0.3 is 9.47 Å². The van der Waals surface area contributed by atoms with Gasteiger partial charge in [-0.05, 0) is 53.9 Å². The zero-order chi connectivity index (χ0) is 23.8. The predicted octanol–water partition coefficient (Wildman–Crippen LogP) is 5.97. The summed E-state index contributed by atoms with van der Waals surface area (Å²) in [6, 6.07) is 19.2. The summed E-state index contributed by atoms with van der Waals surface area (Å²) < 4.78 is 11.7. The van der Waals surface area contributed by atoms with Gasteiger partial charge in [-0.25, -0.2) is 10.2 Å². The van der Waals surface area contributed by atoms with Crippen molar-refractivity contribution in [1.29, 1.82) is 0 Å². The van der Waals surface area contributed by atoms with Crippen LogP contribution in [0.4, 0.5) is 0 Å². The minimum atomic E-state index is -0.599. The maximum Gasteiger partial charge on any atom is 0.345 e. The Hall–Kier alpha value is -3.16. The number of carbonyl (C=O) groups excluding carboxylic acids is 2. The fourth-order valence-corrected chi connectivity index (χ4v) is 3.39. The maximum atomic E-state index is 12.5. The lowest BCUT2D eigenvalue weighted by molar-refractivity contribution is -0.123. The second-order valence-corrected chi connectivity index (χ2v) is 8.68. The summed E-state index contributed by atoms with van der Waals surface area (Å²) in [5.74, 6) is 0.257. The van der Waals surface area contributed by atoms with Crippen molar-refractivity contribution in [2.75, 3.05) is 6.61 Å². The number of nitrogens with zero attached hydrogens (tertiary/aromatic N) is 1. The molecule has 33 heavy (non-hydrogen) atoms. The van der Waals surface area contributed by atoms with E-state index in [4.69, 9.17) is 21.1 Å². The van der Waals surface area contributed by atoms with Gasteiger partial charge in [-0.2, -0.15) is 5.10 Å². The van der Waals surface area contributed by atoms with E-state index >= 15 is 0 Å². The van der Waals surface area contributed by atoms with Gasteiger partial charge in [0.15, 0.2) is 6.61 Å². The van der Waals surface area contributed by atoms with Gasteiger partial charge >= 0.3 is 5.97 Å². The van der Waals surface area contributed by atoms with Crippen molar-refractivity contribution in [3.05, 3.63) is 92.9 Å². The third-order valence-electron chi connectivity index (χ3n) is 4.58. The van der Waals surface area contributed by atoms with Crippen molar-refractivity contribution in [3.63, 3.8) is 0 Å². The minimum Gasteiger partial charge on any atom is -0.484 e. The van der Waals surface area contributed by atoms with Crippen LogP contribution in [0.2, 0.25) is 5.02 Å². The van der Waals surface area contributed by atoms with Gasteiger partial charge in [0.2, 0.25) is 0 Å². The molecule has 0 radical (unpaired) electrons. The van der Waals surface area contributed by atoms with Crippen LogP contribution >= 0.6 is 27.5 Å². The van der Waals surface area contributed by atoms with Gasteiger partial charge in [-0.3, -0.25) is 4.79 Å². The Morgan fingerprint density at radius 1 is 1.09 bits per heavy atom. The zero-order valence-corrected chi connectivity index (χ0v) is 20.4. The molecule has 0 spiro atoms. The summed E-state index contributed by atoms with van der Waals surface area (Å²) in [5.41, 5.74) is 4.32. The normalized spacial score (nSPS) is 10.9. The monoisotopic (exact) mass is 528 g/mol. The maximum absolute atomic E-state index is 12.5. The molecule has 8 heteroatoms. The number of rotatable bonds is 8. The van der Waals surface area contributed by atoms with Crippen molar-refractivity contribution in [2.45, 2.75) is 19.8 Å². The first-order valence-corrected chi connectivity index (χ1v) is 11.3. The number of hydrogen-bond donors (Lipinski definition) is 1. The number of esters is 1. The quantitative estimate of drug-likeness (QED) is 0.169. The second-order valence-electron chi connectivity index (χ2n) is 7.36. The topological polar surface area (TPSA) is 77.0 Å². The van der Waals surface area contributed by atoms with E-state index in [-0.39, 0.29) is 17.9 Å². The summed E-state index contributed by atoms with van der Waals surface area (Å²) in [7, 11) is 0. The van der Waals surface area contributed by atoms with E-state index in [1.54, 1.807) is 42.5 Å². The van der Waals surface area contributed by atoms with E-state index in [9.17, 15) is 9.59 Å². The first-order valence-electron chi connectivity index (χ1n) is 10.1. The average molecular weight is 530 g/mol. The second kappa shape index (κ2) is 11.6. The fraction of sp³-hybridized carbons (Fsp3) is 0.160. The van der Waals surface area contributed by atoms with Gasteiger partial charge in [0.25, 0.3) is 5.91 Å². The molecule has 0 unspecified atom stereocenters. The van der Waals surface area contributed by atoms with Crippen molar-refractivity contribution < 1.29 is 19.1 Å². The molecule has 6 nitrogen and oxygen atoms in total. The molecule has 0 aliphatic rings. The lowest BCUT2D eigenvalue weighted by atomic mass is 10.0. The molecule has 0 atom stereocenters. The van der Waals surface area contributed by atoms with Crippen molar-refractivity contribution >= 4 is 45.6 Å². The van der Waals surface area contributed by atoms with Crippen molar-refractivity contribution in [1.82, 2.24) is 5.43 Å². The Bertz CT molecular complexity index is 1160. The van der Waals surface area contributed by atoms with E-state index in [0.29, 0.717) is 22.3 Å². The van der Waals surface area contributed by atoms with E-state index < -0.39 is 11.9 Å². The summed E-state index contributed by atoms with van der Waals surface area (Å²) in [6.07, 6.45) is 1.38. The molecule has 1 N–H and O–H groups in total. The number of halogens is 2. The molecule has 0 aliphatic carbocycles. The first-order chi connectivity index (χ1) is 15.8. The largest absolute Gasteiger partial charge is 0.484 e. The molecular formula is C25H22BrClN2O4. The third kappa shape index (κ3) is 7.17. The SMILES string of the molecule is CC(C)c1ccc(OCC(=O)NN=Cc2cc(Br)ccc2OC(=O)c2ccccc2Cl)cc1. The molecule has 3 aromatic carbocycles. The molecule has 0 heterocycles. The van der Waals surface area contributed by atoms with E-state index in [0.717, 1.165) is 4.47 Å². The van der Waals surface area contributed by atoms with Crippen LogP contribution in [0.3, 0.4) is 0 Å². The number of ether oxygens (including phenoxy) is 2. The lowest BCUT2D eigenvalue weighted by Gasteiger charge is -2.09. The number of nitrogens with one attached hydrogen (secondary N) is 1. The molecule has 0 fully saturated rings. The highest BCUT2D eigenvalue weighted by Gasteiger charge is 2.14. The number of hydrogen-bond acceptors (Lipinski definition) is 5. The lowest BCUT2D eigenvalue weighted by Crippen LogP contribution is -2.24. The van der Waals surface area contributed by atoms with Crippen LogP contribution in [-0.4, -0.2) is 24.7 Å². The average Bonchev–Trinajstić information content (AvgIpc) is 2.80. The van der Waals surface area contributed by atoms with E-state index in [2.05, 4.69) is 40.3 Å². The molecule has 3 aromatic rings. The van der Waals surface area contributed by atoms with Gasteiger partial charge in [-0.15, -0.1) is 0 Å². The standard InChI is InChI=1S/C25H22BrClN2O4/c1-16(2)17-7-10-20(11-8-17)32-15-24(30)29-28-14-18-13-19(26)9-12-23(18)33-25(31)21-5-3-4-6-22(21)27/h3-14,16H,15H2,1-2H3,(H,29,30). The van der Waals surface area contributed by atoms with Gasteiger partial charge in [0.05, 0.1) is 16.8 Å². The van der Waals surface area contributed by atoms with Crippen LogP contribution in [0, 0.1) is 0 Å². The van der Waals surface area contributed by atoms with Gasteiger partial charge in [0, 0.05) is 10.0 Å². The van der Waals surface area contributed by atoms with Gasteiger partial charge in [-0.1, -0.05) is 65.6 Å². The number of hydrazone groups is 1. The summed E-state index contributed by atoms with van der Waals surface area (Å²) in [5, 5.41) is 4.24.